The molecule has 3 rings (SSSR count). The molecule has 2 aromatic carbocycles. The number of nitrogens with zero attached hydrogens (tertiary/aromatic N) is 1. The molecule has 0 bridgehead atoms. The minimum atomic E-state index is 0.699. The fourth-order valence-corrected chi connectivity index (χ4v) is 3.05. The summed E-state index contributed by atoms with van der Waals surface area (Å²) in [6.45, 7) is 4.05. The summed E-state index contributed by atoms with van der Waals surface area (Å²) >= 11 is 0. The summed E-state index contributed by atoms with van der Waals surface area (Å²) < 4.78 is 6.00. The van der Waals surface area contributed by atoms with Crippen molar-refractivity contribution >= 4 is 22.9 Å². The van der Waals surface area contributed by atoms with Crippen LogP contribution in [0, 0.1) is 0 Å². The Labute approximate surface area is 131 Å². The fraction of sp³-hybridized carbons (Fsp3) is 0.389. The number of carbonyl (C=O) groups is 1. The second-order valence-corrected chi connectivity index (χ2v) is 5.67. The molecule has 0 aromatic heterocycles. The van der Waals surface area contributed by atoms with Crippen molar-refractivity contribution in [2.24, 2.45) is 0 Å². The molecule has 1 aliphatic rings. The Hall–Kier alpha value is -2.07. The van der Waals surface area contributed by atoms with Crippen LogP contribution in [-0.2, 0) is 4.79 Å². The number of fused-ring (bicyclic) bond motifs is 1. The van der Waals surface area contributed by atoms with E-state index in [9.17, 15) is 4.79 Å². The number of nitrogens with one attached hydrogen (secondary N) is 1. The summed E-state index contributed by atoms with van der Waals surface area (Å²) in [6.07, 6.45) is 4.66. The van der Waals surface area contributed by atoms with E-state index in [-0.39, 0.29) is 0 Å². The van der Waals surface area contributed by atoms with Gasteiger partial charge in [-0.1, -0.05) is 30.7 Å². The summed E-state index contributed by atoms with van der Waals surface area (Å²) in [5.41, 5.74) is 0.814. The van der Waals surface area contributed by atoms with E-state index in [0.717, 1.165) is 28.8 Å². The van der Waals surface area contributed by atoms with Crippen molar-refractivity contribution in [2.75, 3.05) is 31.6 Å². The summed E-state index contributed by atoms with van der Waals surface area (Å²) in [7, 11) is 0. The molecule has 0 atom stereocenters. The van der Waals surface area contributed by atoms with Gasteiger partial charge in [-0.25, -0.2) is 0 Å². The van der Waals surface area contributed by atoms with Crippen LogP contribution < -0.4 is 10.1 Å². The van der Waals surface area contributed by atoms with E-state index < -0.39 is 0 Å². The molecule has 4 heteroatoms. The van der Waals surface area contributed by atoms with E-state index in [0.29, 0.717) is 13.0 Å². The van der Waals surface area contributed by atoms with Crippen molar-refractivity contribution in [1.82, 2.24) is 4.90 Å². The molecule has 1 heterocycles. The maximum absolute atomic E-state index is 10.7. The van der Waals surface area contributed by atoms with Gasteiger partial charge in [0.15, 0.2) is 0 Å². The van der Waals surface area contributed by atoms with Gasteiger partial charge in [0, 0.05) is 23.0 Å². The van der Waals surface area contributed by atoms with Crippen LogP contribution in [-0.4, -0.2) is 37.6 Å². The lowest BCUT2D eigenvalue weighted by Gasteiger charge is -2.26. The highest BCUT2D eigenvalue weighted by Crippen LogP contribution is 2.31. The van der Waals surface area contributed by atoms with Gasteiger partial charge in [-0.05, 0) is 38.1 Å². The van der Waals surface area contributed by atoms with Crippen molar-refractivity contribution in [3.63, 3.8) is 0 Å². The van der Waals surface area contributed by atoms with Crippen molar-refractivity contribution < 1.29 is 9.53 Å². The average Bonchev–Trinajstić information content (AvgIpc) is 2.58. The molecule has 0 spiro atoms. The number of hydrogen-bond acceptors (Lipinski definition) is 3. The van der Waals surface area contributed by atoms with Crippen LogP contribution in [0.3, 0.4) is 0 Å². The first-order chi connectivity index (χ1) is 10.9. The molecule has 1 N–H and O–H groups in total. The van der Waals surface area contributed by atoms with E-state index in [1.165, 1.54) is 32.4 Å². The lowest BCUT2D eigenvalue weighted by Crippen LogP contribution is -2.33. The van der Waals surface area contributed by atoms with E-state index in [2.05, 4.69) is 10.2 Å². The molecule has 2 aromatic rings. The molecular formula is C18H22N2O2. The first-order valence-electron chi connectivity index (χ1n) is 7.95. The van der Waals surface area contributed by atoms with Gasteiger partial charge in [-0.3, -0.25) is 9.69 Å². The number of rotatable bonds is 6. The minimum absolute atomic E-state index is 0.699. The molecule has 1 fully saturated rings. The Morgan fingerprint density at radius 3 is 2.59 bits per heavy atom. The molecule has 0 unspecified atom stereocenters. The van der Waals surface area contributed by atoms with Crippen molar-refractivity contribution in [2.45, 2.75) is 19.3 Å². The number of likely N-dealkylation sites (tertiary alicyclic amines) is 1. The highest BCUT2D eigenvalue weighted by atomic mass is 16.5. The minimum Gasteiger partial charge on any atom is -0.492 e. The van der Waals surface area contributed by atoms with Crippen LogP contribution in [0.5, 0.6) is 5.75 Å². The predicted octanol–water partition coefficient (Wildman–Crippen LogP) is 3.27. The van der Waals surface area contributed by atoms with Crippen LogP contribution in [0.2, 0.25) is 0 Å². The predicted molar refractivity (Wildman–Crippen MR) is 89.4 cm³/mol. The Balaban J connectivity index is 1.70. The number of anilines is 1. The molecular weight excluding hydrogens is 276 g/mol. The third kappa shape index (κ3) is 3.39. The van der Waals surface area contributed by atoms with Gasteiger partial charge in [0.2, 0.25) is 6.41 Å². The summed E-state index contributed by atoms with van der Waals surface area (Å²) in [4.78, 5) is 13.2. The molecule has 0 saturated carbocycles. The zero-order valence-electron chi connectivity index (χ0n) is 12.8. The summed E-state index contributed by atoms with van der Waals surface area (Å²) in [5.74, 6) is 0.879. The lowest BCUT2D eigenvalue weighted by molar-refractivity contribution is -0.105. The third-order valence-electron chi connectivity index (χ3n) is 4.21. The molecule has 1 aliphatic heterocycles. The second-order valence-electron chi connectivity index (χ2n) is 5.67. The first-order valence-corrected chi connectivity index (χ1v) is 7.95. The number of carbonyl (C=O) groups excluding carboxylic acids is 1. The van der Waals surface area contributed by atoms with Gasteiger partial charge in [0.05, 0.1) is 0 Å². The van der Waals surface area contributed by atoms with Crippen LogP contribution in [0.4, 0.5) is 5.69 Å². The second kappa shape index (κ2) is 7.27. The van der Waals surface area contributed by atoms with Crippen molar-refractivity contribution in [3.05, 3.63) is 36.4 Å². The molecule has 1 amide bonds. The van der Waals surface area contributed by atoms with Crippen LogP contribution >= 0.6 is 0 Å². The molecule has 116 valence electrons. The van der Waals surface area contributed by atoms with E-state index >= 15 is 0 Å². The van der Waals surface area contributed by atoms with Gasteiger partial charge in [0.1, 0.15) is 12.4 Å². The van der Waals surface area contributed by atoms with Gasteiger partial charge >= 0.3 is 0 Å². The number of ether oxygens (including phenoxy) is 1. The van der Waals surface area contributed by atoms with Crippen LogP contribution in [0.1, 0.15) is 19.3 Å². The number of amides is 1. The number of hydrogen-bond donors (Lipinski definition) is 1. The molecule has 0 radical (unpaired) electrons. The Morgan fingerprint density at radius 2 is 1.82 bits per heavy atom. The van der Waals surface area contributed by atoms with E-state index in [4.69, 9.17) is 4.74 Å². The van der Waals surface area contributed by atoms with E-state index in [1.54, 1.807) is 0 Å². The monoisotopic (exact) mass is 298 g/mol. The number of piperidine rings is 1. The molecule has 22 heavy (non-hydrogen) atoms. The topological polar surface area (TPSA) is 41.6 Å². The van der Waals surface area contributed by atoms with Crippen molar-refractivity contribution in [3.8, 4) is 5.75 Å². The third-order valence-corrected chi connectivity index (χ3v) is 4.21. The highest BCUT2D eigenvalue weighted by Gasteiger charge is 2.10. The molecule has 0 aliphatic carbocycles. The first kappa shape index (κ1) is 14.9. The van der Waals surface area contributed by atoms with Gasteiger partial charge in [0.25, 0.3) is 0 Å². The molecule has 1 saturated heterocycles. The van der Waals surface area contributed by atoms with Crippen molar-refractivity contribution in [1.29, 1.82) is 0 Å². The highest BCUT2D eigenvalue weighted by molar-refractivity contribution is 6.00. The zero-order valence-corrected chi connectivity index (χ0v) is 12.8. The summed E-state index contributed by atoms with van der Waals surface area (Å²) in [6, 6.07) is 11.8. The smallest absolute Gasteiger partial charge is 0.211 e. The standard InChI is InChI=1S/C18H22N2O2/c21-14-19-17-8-9-18(16-7-3-2-6-15(16)17)22-13-12-20-10-4-1-5-11-20/h2-3,6-9,14H,1,4-5,10-13H2,(H,19,21). The van der Waals surface area contributed by atoms with Gasteiger partial charge in [-0.15, -0.1) is 0 Å². The number of benzene rings is 2. The normalized spacial score (nSPS) is 15.6. The van der Waals surface area contributed by atoms with Crippen LogP contribution in [0.25, 0.3) is 10.8 Å². The largest absolute Gasteiger partial charge is 0.492 e. The maximum atomic E-state index is 10.7. The Kier molecular flexibility index (Phi) is 4.91. The molecule has 4 nitrogen and oxygen atoms in total. The Morgan fingerprint density at radius 1 is 1.05 bits per heavy atom. The zero-order chi connectivity index (χ0) is 15.2. The van der Waals surface area contributed by atoms with E-state index in [1.807, 2.05) is 36.4 Å². The van der Waals surface area contributed by atoms with Gasteiger partial charge < -0.3 is 10.1 Å². The Bertz CT molecular complexity index is 636. The van der Waals surface area contributed by atoms with Crippen LogP contribution in [0.15, 0.2) is 36.4 Å². The summed E-state index contributed by atoms with van der Waals surface area (Å²) in [5, 5.41) is 4.78. The van der Waals surface area contributed by atoms with Gasteiger partial charge in [-0.2, -0.15) is 0 Å². The quantitative estimate of drug-likeness (QED) is 0.832. The maximum Gasteiger partial charge on any atom is 0.211 e. The fourth-order valence-electron chi connectivity index (χ4n) is 3.05. The average molecular weight is 298 g/mol. The lowest BCUT2D eigenvalue weighted by atomic mass is 10.1. The SMILES string of the molecule is O=CNc1ccc(OCCN2CCCCC2)c2ccccc12.